The number of pyridine rings is 1. The molecule has 1 aromatic carbocycles. The highest BCUT2D eigenvalue weighted by Gasteiger charge is 2.26. The van der Waals surface area contributed by atoms with Crippen molar-refractivity contribution in [2.75, 3.05) is 0 Å². The van der Waals surface area contributed by atoms with E-state index in [0.29, 0.717) is 11.3 Å². The predicted molar refractivity (Wildman–Crippen MR) is 81.5 cm³/mol. The Morgan fingerprint density at radius 1 is 1.23 bits per heavy atom. The van der Waals surface area contributed by atoms with Gasteiger partial charge in [-0.2, -0.15) is 0 Å². The molecule has 0 saturated carbocycles. The highest BCUT2D eigenvalue weighted by Crippen LogP contribution is 2.27. The maximum Gasteiger partial charge on any atom is 0.345 e. The fourth-order valence-electron chi connectivity index (χ4n) is 1.88. The second-order valence-electron chi connectivity index (χ2n) is 5.71. The summed E-state index contributed by atoms with van der Waals surface area (Å²) in [7, 11) is 0. The average Bonchev–Trinajstić information content (AvgIpc) is 2.45. The summed E-state index contributed by atoms with van der Waals surface area (Å²) in [6.45, 7) is 5.12. The largest absolute Gasteiger partial charge is 0.456 e. The lowest BCUT2D eigenvalue weighted by molar-refractivity contribution is -0.385. The molecule has 0 fully saturated rings. The molecule has 0 N–H and O–H groups in total. The molecule has 0 aliphatic carbocycles. The van der Waals surface area contributed by atoms with Crippen LogP contribution in [0.3, 0.4) is 0 Å². The summed E-state index contributed by atoms with van der Waals surface area (Å²) in [5.41, 5.74) is 0.151. The van der Waals surface area contributed by atoms with Gasteiger partial charge in [0.1, 0.15) is 11.2 Å². The molecule has 0 aliphatic heterocycles. The topological polar surface area (TPSA) is 82.3 Å². The number of hydrogen-bond acceptors (Lipinski definition) is 5. The molecule has 0 bridgehead atoms. The summed E-state index contributed by atoms with van der Waals surface area (Å²) in [4.78, 5) is 26.9. The van der Waals surface area contributed by atoms with Gasteiger partial charge < -0.3 is 4.74 Å². The van der Waals surface area contributed by atoms with Crippen molar-refractivity contribution >= 4 is 11.7 Å². The van der Waals surface area contributed by atoms with Gasteiger partial charge in [0.2, 0.25) is 0 Å². The smallest absolute Gasteiger partial charge is 0.345 e. The fraction of sp³-hybridized carbons (Fsp3) is 0.250. The molecule has 2 rings (SSSR count). The van der Waals surface area contributed by atoms with Gasteiger partial charge in [0.25, 0.3) is 5.69 Å². The number of hydrogen-bond donors (Lipinski definition) is 0. The van der Waals surface area contributed by atoms with Crippen molar-refractivity contribution in [2.24, 2.45) is 0 Å². The number of aromatic nitrogens is 1. The molecule has 0 amide bonds. The Labute approximate surface area is 127 Å². The van der Waals surface area contributed by atoms with Crippen LogP contribution in [0, 0.1) is 10.1 Å². The van der Waals surface area contributed by atoms with Crippen LogP contribution in [0.15, 0.2) is 42.6 Å². The molecule has 2 aromatic rings. The molecule has 0 aliphatic rings. The van der Waals surface area contributed by atoms with Gasteiger partial charge in [-0.3, -0.25) is 15.1 Å². The van der Waals surface area contributed by atoms with Crippen LogP contribution >= 0.6 is 0 Å². The first-order valence-corrected chi connectivity index (χ1v) is 6.71. The number of benzene rings is 1. The monoisotopic (exact) mass is 300 g/mol. The third-order valence-electron chi connectivity index (χ3n) is 2.77. The van der Waals surface area contributed by atoms with Gasteiger partial charge in [-0.1, -0.05) is 6.07 Å². The molecule has 0 radical (unpaired) electrons. The van der Waals surface area contributed by atoms with Crippen LogP contribution in [0.4, 0.5) is 5.69 Å². The number of nitrogens with zero attached hydrogens (tertiary/aromatic N) is 2. The lowest BCUT2D eigenvalue weighted by atomic mass is 10.1. The number of carbonyl (C=O) groups is 1. The minimum Gasteiger partial charge on any atom is -0.456 e. The van der Waals surface area contributed by atoms with Crippen LogP contribution in [0.25, 0.3) is 11.3 Å². The van der Waals surface area contributed by atoms with Crippen LogP contribution in [-0.2, 0) is 4.74 Å². The van der Waals surface area contributed by atoms with E-state index in [1.165, 1.54) is 12.1 Å². The number of rotatable bonds is 3. The molecule has 1 aromatic heterocycles. The maximum absolute atomic E-state index is 12.2. The highest BCUT2D eigenvalue weighted by molar-refractivity contribution is 5.95. The summed E-state index contributed by atoms with van der Waals surface area (Å²) < 4.78 is 5.24. The van der Waals surface area contributed by atoms with E-state index in [-0.39, 0.29) is 11.3 Å². The standard InChI is InChI=1S/C16H16N2O4/c1-16(2,3)22-15(19)12-10-11(7-8-14(12)18(20)21)13-6-4-5-9-17-13/h4-10H,1-3H3. The molecule has 0 saturated heterocycles. The second kappa shape index (κ2) is 5.93. The Bertz CT molecular complexity index is 706. The second-order valence-corrected chi connectivity index (χ2v) is 5.71. The summed E-state index contributed by atoms with van der Waals surface area (Å²) in [5.74, 6) is -0.725. The Hall–Kier alpha value is -2.76. The van der Waals surface area contributed by atoms with Crippen molar-refractivity contribution < 1.29 is 14.5 Å². The molecule has 1 heterocycles. The van der Waals surface area contributed by atoms with E-state index in [9.17, 15) is 14.9 Å². The molecule has 114 valence electrons. The van der Waals surface area contributed by atoms with E-state index < -0.39 is 16.5 Å². The Morgan fingerprint density at radius 2 is 1.95 bits per heavy atom. The summed E-state index contributed by atoms with van der Waals surface area (Å²) in [6, 6.07) is 9.63. The number of esters is 1. The average molecular weight is 300 g/mol. The lowest BCUT2D eigenvalue weighted by Gasteiger charge is -2.19. The zero-order valence-corrected chi connectivity index (χ0v) is 12.6. The van der Waals surface area contributed by atoms with Gasteiger partial charge in [0.05, 0.1) is 10.6 Å². The van der Waals surface area contributed by atoms with Gasteiger partial charge >= 0.3 is 5.97 Å². The van der Waals surface area contributed by atoms with Gasteiger partial charge in [-0.05, 0) is 45.0 Å². The normalized spacial score (nSPS) is 11.0. The minimum absolute atomic E-state index is 0.0805. The Balaban J connectivity index is 2.49. The van der Waals surface area contributed by atoms with Crippen molar-refractivity contribution in [3.05, 3.63) is 58.3 Å². The van der Waals surface area contributed by atoms with Crippen molar-refractivity contribution in [3.8, 4) is 11.3 Å². The lowest BCUT2D eigenvalue weighted by Crippen LogP contribution is -2.24. The first kappa shape index (κ1) is 15.6. The van der Waals surface area contributed by atoms with Gasteiger partial charge in [-0.25, -0.2) is 4.79 Å². The van der Waals surface area contributed by atoms with Crippen LogP contribution in [0.5, 0.6) is 0 Å². The Morgan fingerprint density at radius 3 is 2.50 bits per heavy atom. The zero-order chi connectivity index (χ0) is 16.3. The van der Waals surface area contributed by atoms with E-state index in [0.717, 1.165) is 0 Å². The van der Waals surface area contributed by atoms with Crippen molar-refractivity contribution in [1.29, 1.82) is 0 Å². The summed E-state index contributed by atoms with van der Waals surface area (Å²) >= 11 is 0. The van der Waals surface area contributed by atoms with E-state index in [1.54, 1.807) is 51.2 Å². The predicted octanol–water partition coefficient (Wildman–Crippen LogP) is 3.61. The minimum atomic E-state index is -0.730. The van der Waals surface area contributed by atoms with Gasteiger partial charge in [-0.15, -0.1) is 0 Å². The maximum atomic E-state index is 12.2. The van der Waals surface area contributed by atoms with Crippen molar-refractivity contribution in [3.63, 3.8) is 0 Å². The molecule has 0 atom stereocenters. The van der Waals surface area contributed by atoms with Crippen LogP contribution < -0.4 is 0 Å². The molecule has 6 heteroatoms. The third-order valence-corrected chi connectivity index (χ3v) is 2.77. The molecular weight excluding hydrogens is 284 g/mol. The van der Waals surface area contributed by atoms with Crippen molar-refractivity contribution in [2.45, 2.75) is 26.4 Å². The van der Waals surface area contributed by atoms with E-state index in [4.69, 9.17) is 4.74 Å². The number of carbonyl (C=O) groups excluding carboxylic acids is 1. The number of nitro benzene ring substituents is 1. The molecule has 22 heavy (non-hydrogen) atoms. The molecule has 0 spiro atoms. The number of nitro groups is 1. The first-order chi connectivity index (χ1) is 10.3. The quantitative estimate of drug-likeness (QED) is 0.491. The van der Waals surface area contributed by atoms with Crippen LogP contribution in [0.2, 0.25) is 0 Å². The summed E-state index contributed by atoms with van der Waals surface area (Å²) in [6.07, 6.45) is 1.61. The SMILES string of the molecule is CC(C)(C)OC(=O)c1cc(-c2ccccn2)ccc1[N+](=O)[O-]. The number of ether oxygens (including phenoxy) is 1. The van der Waals surface area contributed by atoms with Crippen LogP contribution in [-0.4, -0.2) is 21.5 Å². The van der Waals surface area contributed by atoms with Crippen LogP contribution in [0.1, 0.15) is 31.1 Å². The van der Waals surface area contributed by atoms with E-state index in [2.05, 4.69) is 4.98 Å². The first-order valence-electron chi connectivity index (χ1n) is 6.71. The van der Waals surface area contributed by atoms with E-state index >= 15 is 0 Å². The third kappa shape index (κ3) is 3.66. The van der Waals surface area contributed by atoms with Gasteiger partial charge in [0.15, 0.2) is 0 Å². The van der Waals surface area contributed by atoms with Crippen molar-refractivity contribution in [1.82, 2.24) is 4.98 Å². The van der Waals surface area contributed by atoms with Gasteiger partial charge in [0, 0.05) is 17.8 Å². The van der Waals surface area contributed by atoms with E-state index in [1.807, 2.05) is 0 Å². The Kier molecular flexibility index (Phi) is 4.21. The molecular formula is C16H16N2O4. The molecule has 0 unspecified atom stereocenters. The fourth-order valence-corrected chi connectivity index (χ4v) is 1.88. The zero-order valence-electron chi connectivity index (χ0n) is 12.6. The molecule has 6 nitrogen and oxygen atoms in total. The summed E-state index contributed by atoms with van der Waals surface area (Å²) in [5, 5.41) is 11.1. The highest BCUT2D eigenvalue weighted by atomic mass is 16.6.